The molecular weight excluding hydrogens is 488 g/mol. The van der Waals surface area contributed by atoms with Crippen LogP contribution < -0.4 is 0 Å². The molecule has 0 unspecified atom stereocenters. The summed E-state index contributed by atoms with van der Waals surface area (Å²) in [7, 11) is -6.41. The van der Waals surface area contributed by atoms with Crippen molar-refractivity contribution in [2.45, 2.75) is 82.2 Å². The summed E-state index contributed by atoms with van der Waals surface area (Å²) in [5.74, 6) is -6.46. The van der Waals surface area contributed by atoms with Crippen molar-refractivity contribution in [2.75, 3.05) is 6.61 Å². The van der Waals surface area contributed by atoms with Crippen molar-refractivity contribution in [1.29, 1.82) is 0 Å². The molecular formula is C21H28F4O8S. The van der Waals surface area contributed by atoms with Crippen molar-refractivity contribution in [3.8, 4) is 0 Å². The molecule has 0 aliphatic heterocycles. The van der Waals surface area contributed by atoms with Gasteiger partial charge in [0.15, 0.2) is 0 Å². The lowest BCUT2D eigenvalue weighted by molar-refractivity contribution is -0.168. The maximum atomic E-state index is 13.6. The predicted molar refractivity (Wildman–Crippen MR) is 113 cm³/mol. The van der Waals surface area contributed by atoms with Crippen molar-refractivity contribution in [1.82, 2.24) is 0 Å². The summed E-state index contributed by atoms with van der Waals surface area (Å²) in [5.41, 5.74) is -2.75. The number of aliphatic hydroxyl groups is 2. The van der Waals surface area contributed by atoms with Crippen molar-refractivity contribution in [3.05, 3.63) is 22.8 Å². The standard InChI is InChI=1S/C21H28F4O8S/c1-5-18(27,6-2)14-13-11-12(16(33-13)15(14)19(28,7-3)8-4)17(26)32-10-9-20(22,23)21(24,25)34(29,30)31/h11,27-28H,5-10H2,1-4H3,(H,29,30,31). The topological polar surface area (TPSA) is 134 Å². The van der Waals surface area contributed by atoms with E-state index in [1.54, 1.807) is 27.7 Å². The largest absolute Gasteiger partial charge is 0.462 e. The van der Waals surface area contributed by atoms with E-state index in [4.69, 9.17) is 8.97 Å². The Balaban J connectivity index is 2.41. The van der Waals surface area contributed by atoms with E-state index in [0.717, 1.165) is 0 Å². The summed E-state index contributed by atoms with van der Waals surface area (Å²) in [4.78, 5) is 12.5. The fourth-order valence-electron chi connectivity index (χ4n) is 3.89. The first-order chi connectivity index (χ1) is 15.5. The van der Waals surface area contributed by atoms with Crippen LogP contribution in [0, 0.1) is 0 Å². The summed E-state index contributed by atoms with van der Waals surface area (Å²) >= 11 is 0. The molecule has 13 heteroatoms. The van der Waals surface area contributed by atoms with Gasteiger partial charge in [-0.05, 0) is 31.7 Å². The van der Waals surface area contributed by atoms with E-state index in [2.05, 4.69) is 4.74 Å². The molecule has 2 aromatic rings. The number of hydrogen-bond acceptors (Lipinski definition) is 7. The van der Waals surface area contributed by atoms with Crippen LogP contribution in [0.4, 0.5) is 17.6 Å². The Labute approximate surface area is 194 Å². The van der Waals surface area contributed by atoms with E-state index in [1.165, 1.54) is 6.07 Å². The Kier molecular flexibility index (Phi) is 7.69. The van der Waals surface area contributed by atoms with E-state index >= 15 is 0 Å². The summed E-state index contributed by atoms with van der Waals surface area (Å²) in [6.07, 6.45) is -0.997. The third-order valence-corrected chi connectivity index (χ3v) is 7.29. The molecule has 3 N–H and O–H groups in total. The number of furan rings is 2. The SMILES string of the molecule is CCC(O)(CC)c1c(C(O)(CC)CC)c2oc1cc2C(=O)OCCC(F)(F)C(F)(F)S(=O)(=O)O. The summed E-state index contributed by atoms with van der Waals surface area (Å²) in [6, 6.07) is 1.20. The first kappa shape index (κ1) is 28.3. The molecule has 2 bridgehead atoms. The maximum Gasteiger partial charge on any atom is 0.431 e. The van der Waals surface area contributed by atoms with Gasteiger partial charge in [-0.1, -0.05) is 27.7 Å². The third-order valence-electron chi connectivity index (χ3n) is 6.34. The molecule has 0 fully saturated rings. The van der Waals surface area contributed by atoms with Gasteiger partial charge in [-0.25, -0.2) is 4.79 Å². The number of esters is 1. The normalized spacial score (nSPS) is 14.2. The van der Waals surface area contributed by atoms with E-state index in [1.807, 2.05) is 0 Å². The third kappa shape index (κ3) is 4.50. The van der Waals surface area contributed by atoms with Crippen LogP contribution in [-0.2, 0) is 26.1 Å². The van der Waals surface area contributed by atoms with Crippen LogP contribution in [-0.4, -0.2) is 46.9 Å². The fraction of sp³-hybridized carbons (Fsp3) is 0.667. The van der Waals surface area contributed by atoms with Gasteiger partial charge in [-0.15, -0.1) is 0 Å². The number of rotatable bonds is 12. The van der Waals surface area contributed by atoms with Crippen LogP contribution in [0.3, 0.4) is 0 Å². The molecule has 0 atom stereocenters. The molecule has 2 aromatic heterocycles. The van der Waals surface area contributed by atoms with Gasteiger partial charge in [0.2, 0.25) is 0 Å². The molecule has 0 radical (unpaired) electrons. The van der Waals surface area contributed by atoms with Crippen molar-refractivity contribution < 1.29 is 54.7 Å². The van der Waals surface area contributed by atoms with Crippen LogP contribution in [0.5, 0.6) is 0 Å². The van der Waals surface area contributed by atoms with E-state index < -0.39 is 51.5 Å². The van der Waals surface area contributed by atoms with Crippen molar-refractivity contribution >= 4 is 27.3 Å². The number of carbonyl (C=O) groups is 1. The summed E-state index contributed by atoms with van der Waals surface area (Å²) in [6.45, 7) is 5.51. The number of benzene rings is 1. The summed E-state index contributed by atoms with van der Waals surface area (Å²) < 4.78 is 93.7. The highest BCUT2D eigenvalue weighted by Crippen LogP contribution is 2.48. The first-order valence-electron chi connectivity index (χ1n) is 10.7. The Morgan fingerprint density at radius 1 is 0.971 bits per heavy atom. The molecule has 0 saturated heterocycles. The monoisotopic (exact) mass is 516 g/mol. The Bertz CT molecular complexity index is 1120. The lowest BCUT2D eigenvalue weighted by atomic mass is 9.77. The number of hydrogen-bond donors (Lipinski definition) is 3. The molecule has 2 rings (SSSR count). The highest BCUT2D eigenvalue weighted by atomic mass is 32.2. The van der Waals surface area contributed by atoms with Crippen LogP contribution in [0.25, 0.3) is 11.2 Å². The lowest BCUT2D eigenvalue weighted by Crippen LogP contribution is -2.47. The van der Waals surface area contributed by atoms with Gasteiger partial charge in [0.1, 0.15) is 16.7 Å². The molecule has 0 spiro atoms. The highest BCUT2D eigenvalue weighted by Gasteiger charge is 2.65. The van der Waals surface area contributed by atoms with E-state index in [9.17, 15) is 41.0 Å². The molecule has 194 valence electrons. The van der Waals surface area contributed by atoms with Gasteiger partial charge in [0, 0.05) is 11.1 Å². The zero-order valence-corrected chi connectivity index (χ0v) is 19.9. The number of halogens is 4. The number of fused-ring (bicyclic) bond motifs is 2. The van der Waals surface area contributed by atoms with Crippen LogP contribution in [0.2, 0.25) is 0 Å². The van der Waals surface area contributed by atoms with Crippen LogP contribution in [0.15, 0.2) is 10.5 Å². The lowest BCUT2D eigenvalue weighted by Gasteiger charge is -2.33. The van der Waals surface area contributed by atoms with Gasteiger partial charge in [-0.2, -0.15) is 26.0 Å². The first-order valence-corrected chi connectivity index (χ1v) is 12.1. The molecule has 34 heavy (non-hydrogen) atoms. The zero-order chi connectivity index (χ0) is 26.3. The molecule has 0 aliphatic rings. The zero-order valence-electron chi connectivity index (χ0n) is 19.1. The van der Waals surface area contributed by atoms with Gasteiger partial charge >= 0.3 is 27.3 Å². The molecule has 0 aliphatic carbocycles. The van der Waals surface area contributed by atoms with Crippen LogP contribution >= 0.6 is 0 Å². The Morgan fingerprint density at radius 3 is 1.88 bits per heavy atom. The number of alkyl halides is 4. The molecule has 0 amide bonds. The van der Waals surface area contributed by atoms with Crippen molar-refractivity contribution in [3.63, 3.8) is 0 Å². The molecule has 2 heterocycles. The van der Waals surface area contributed by atoms with Crippen molar-refractivity contribution in [2.24, 2.45) is 0 Å². The second-order valence-electron chi connectivity index (χ2n) is 8.16. The van der Waals surface area contributed by atoms with E-state index in [-0.39, 0.29) is 48.0 Å². The second-order valence-corrected chi connectivity index (χ2v) is 9.63. The van der Waals surface area contributed by atoms with Gasteiger partial charge in [-0.3, -0.25) is 4.55 Å². The maximum absolute atomic E-state index is 13.6. The summed E-state index contributed by atoms with van der Waals surface area (Å²) in [5, 5.41) is 16.5. The number of carbonyl (C=O) groups excluding carboxylic acids is 1. The minimum atomic E-state index is -6.41. The number of ether oxygens (including phenoxy) is 1. The minimum absolute atomic E-state index is 0.0757. The molecule has 0 saturated carbocycles. The average molecular weight is 517 g/mol. The van der Waals surface area contributed by atoms with Gasteiger partial charge < -0.3 is 19.4 Å². The smallest absolute Gasteiger partial charge is 0.431 e. The van der Waals surface area contributed by atoms with Crippen LogP contribution in [0.1, 0.15) is 81.3 Å². The fourth-order valence-corrected chi connectivity index (χ4v) is 4.36. The highest BCUT2D eigenvalue weighted by molar-refractivity contribution is 7.87. The molecule has 0 aromatic carbocycles. The second kappa shape index (κ2) is 9.25. The average Bonchev–Trinajstić information content (AvgIpc) is 3.36. The van der Waals surface area contributed by atoms with E-state index in [0.29, 0.717) is 5.56 Å². The van der Waals surface area contributed by atoms with Gasteiger partial charge in [0.05, 0.1) is 24.2 Å². The Hall–Kier alpha value is -1.96. The minimum Gasteiger partial charge on any atom is -0.462 e. The molecule has 8 nitrogen and oxygen atoms in total. The quantitative estimate of drug-likeness (QED) is 0.213. The Morgan fingerprint density at radius 2 is 1.44 bits per heavy atom. The predicted octanol–water partition coefficient (Wildman–Crippen LogP) is 4.55. The van der Waals surface area contributed by atoms with Gasteiger partial charge in [0.25, 0.3) is 0 Å².